The van der Waals surface area contributed by atoms with Gasteiger partial charge in [-0.05, 0) is 26.7 Å². The fourth-order valence-corrected chi connectivity index (χ4v) is 2.38. The van der Waals surface area contributed by atoms with Crippen molar-refractivity contribution in [3.8, 4) is 0 Å². The van der Waals surface area contributed by atoms with Crippen molar-refractivity contribution in [1.82, 2.24) is 9.97 Å². The summed E-state index contributed by atoms with van der Waals surface area (Å²) in [5.41, 5.74) is 0.986. The molecule has 1 atom stereocenters. The van der Waals surface area contributed by atoms with Gasteiger partial charge in [0.15, 0.2) is 0 Å². The molecule has 0 fully saturated rings. The molecule has 0 aromatic carbocycles. The Morgan fingerprint density at radius 3 is 2.61 bits per heavy atom. The van der Waals surface area contributed by atoms with Gasteiger partial charge in [0.25, 0.3) is 0 Å². The van der Waals surface area contributed by atoms with Gasteiger partial charge in [0, 0.05) is 24.1 Å². The first-order chi connectivity index (χ1) is 8.30. The number of anilines is 1. The Hall–Kier alpha value is -1.17. The van der Waals surface area contributed by atoms with Crippen molar-refractivity contribution in [1.29, 1.82) is 0 Å². The number of aromatic nitrogens is 2. The third-order valence-electron chi connectivity index (χ3n) is 2.57. The first kappa shape index (κ1) is 14.9. The molecule has 1 aromatic heterocycles. The highest BCUT2D eigenvalue weighted by Crippen LogP contribution is 2.10. The third kappa shape index (κ3) is 5.44. The van der Waals surface area contributed by atoms with Crippen LogP contribution in [0.15, 0.2) is 6.07 Å². The summed E-state index contributed by atoms with van der Waals surface area (Å²) < 4.78 is 22.2. The van der Waals surface area contributed by atoms with Gasteiger partial charge < -0.3 is 5.32 Å². The van der Waals surface area contributed by atoms with Crippen LogP contribution in [-0.4, -0.2) is 36.4 Å². The number of nitrogens with one attached hydrogen (secondary N) is 1. The molecule has 0 spiro atoms. The first-order valence-corrected chi connectivity index (χ1v) is 8.15. The van der Waals surface area contributed by atoms with Crippen LogP contribution in [0.2, 0.25) is 0 Å². The molecule has 1 N–H and O–H groups in total. The molecule has 1 heterocycles. The zero-order valence-corrected chi connectivity index (χ0v) is 12.2. The highest BCUT2D eigenvalue weighted by Gasteiger charge is 2.09. The molecule has 18 heavy (non-hydrogen) atoms. The van der Waals surface area contributed by atoms with Gasteiger partial charge in [0.2, 0.25) is 0 Å². The van der Waals surface area contributed by atoms with Crippen molar-refractivity contribution < 1.29 is 8.42 Å². The van der Waals surface area contributed by atoms with E-state index in [0.29, 0.717) is 6.42 Å². The summed E-state index contributed by atoms with van der Waals surface area (Å²) in [4.78, 5) is 8.59. The molecule has 0 radical (unpaired) electrons. The maximum Gasteiger partial charge on any atom is 0.147 e. The van der Waals surface area contributed by atoms with Gasteiger partial charge in [0.05, 0.1) is 5.75 Å². The van der Waals surface area contributed by atoms with Crippen molar-refractivity contribution in [3.63, 3.8) is 0 Å². The average Bonchev–Trinajstić information content (AvgIpc) is 2.24. The van der Waals surface area contributed by atoms with Crippen LogP contribution in [0.1, 0.15) is 31.8 Å². The maximum atomic E-state index is 11.1. The summed E-state index contributed by atoms with van der Waals surface area (Å²) in [5, 5.41) is 3.21. The predicted octanol–water partition coefficient (Wildman–Crippen LogP) is 1.58. The number of sulfone groups is 1. The third-order valence-corrected chi connectivity index (χ3v) is 3.55. The van der Waals surface area contributed by atoms with E-state index < -0.39 is 9.84 Å². The largest absolute Gasteiger partial charge is 0.367 e. The Morgan fingerprint density at radius 2 is 2.06 bits per heavy atom. The lowest BCUT2D eigenvalue weighted by Gasteiger charge is -2.14. The molecule has 1 aromatic rings. The standard InChI is InChI=1S/C12H21N3O2S/c1-5-11-8-12(15-10(3)14-11)13-9(2)6-7-18(4,16)17/h8-9H,5-7H2,1-4H3,(H,13,14,15). The summed E-state index contributed by atoms with van der Waals surface area (Å²) in [6.45, 7) is 5.85. The molecule has 0 aliphatic heterocycles. The van der Waals surface area contributed by atoms with Crippen LogP contribution in [0.25, 0.3) is 0 Å². The molecule has 5 nitrogen and oxygen atoms in total. The lowest BCUT2D eigenvalue weighted by atomic mass is 10.2. The quantitative estimate of drug-likeness (QED) is 0.850. The molecule has 0 aliphatic carbocycles. The van der Waals surface area contributed by atoms with Gasteiger partial charge in [0.1, 0.15) is 21.5 Å². The number of hydrogen-bond donors (Lipinski definition) is 1. The van der Waals surface area contributed by atoms with E-state index in [-0.39, 0.29) is 11.8 Å². The Labute approximate surface area is 109 Å². The van der Waals surface area contributed by atoms with Gasteiger partial charge in [-0.25, -0.2) is 18.4 Å². The van der Waals surface area contributed by atoms with E-state index in [1.165, 1.54) is 6.26 Å². The van der Waals surface area contributed by atoms with Crippen LogP contribution in [0.4, 0.5) is 5.82 Å². The zero-order chi connectivity index (χ0) is 13.8. The van der Waals surface area contributed by atoms with Gasteiger partial charge in [-0.15, -0.1) is 0 Å². The Morgan fingerprint density at radius 1 is 1.39 bits per heavy atom. The fraction of sp³-hybridized carbons (Fsp3) is 0.667. The summed E-state index contributed by atoms with van der Waals surface area (Å²) in [6.07, 6.45) is 2.68. The van der Waals surface area contributed by atoms with Gasteiger partial charge in [-0.3, -0.25) is 0 Å². The molecular formula is C12H21N3O2S. The van der Waals surface area contributed by atoms with Gasteiger partial charge in [-0.1, -0.05) is 6.92 Å². The highest BCUT2D eigenvalue weighted by atomic mass is 32.2. The van der Waals surface area contributed by atoms with E-state index in [2.05, 4.69) is 15.3 Å². The lowest BCUT2D eigenvalue weighted by Crippen LogP contribution is -2.20. The molecule has 102 valence electrons. The summed E-state index contributed by atoms with van der Waals surface area (Å²) in [5.74, 6) is 1.68. The van der Waals surface area contributed by atoms with Crippen LogP contribution < -0.4 is 5.32 Å². The molecule has 0 bridgehead atoms. The number of aryl methyl sites for hydroxylation is 2. The summed E-state index contributed by atoms with van der Waals surface area (Å²) in [7, 11) is -2.91. The molecule has 0 saturated carbocycles. The van der Waals surface area contributed by atoms with Crippen LogP contribution in [0, 0.1) is 6.92 Å². The minimum Gasteiger partial charge on any atom is -0.367 e. The molecule has 1 unspecified atom stereocenters. The van der Waals surface area contributed by atoms with E-state index in [0.717, 1.165) is 23.8 Å². The predicted molar refractivity (Wildman–Crippen MR) is 73.6 cm³/mol. The minimum atomic E-state index is -2.91. The van der Waals surface area contributed by atoms with Crippen LogP contribution in [0.3, 0.4) is 0 Å². The average molecular weight is 271 g/mol. The Balaban J connectivity index is 2.64. The second-order valence-corrected chi connectivity index (χ2v) is 6.87. The van der Waals surface area contributed by atoms with E-state index in [9.17, 15) is 8.42 Å². The Kier molecular flexibility index (Phi) is 5.07. The molecular weight excluding hydrogens is 250 g/mol. The monoisotopic (exact) mass is 271 g/mol. The van der Waals surface area contributed by atoms with E-state index in [1.54, 1.807) is 0 Å². The summed E-state index contributed by atoms with van der Waals surface area (Å²) >= 11 is 0. The SMILES string of the molecule is CCc1cc(NC(C)CCS(C)(=O)=O)nc(C)n1. The van der Waals surface area contributed by atoms with Gasteiger partial charge in [-0.2, -0.15) is 0 Å². The van der Waals surface area contributed by atoms with Crippen molar-refractivity contribution in [2.24, 2.45) is 0 Å². The highest BCUT2D eigenvalue weighted by molar-refractivity contribution is 7.90. The normalized spacial score (nSPS) is 13.3. The minimum absolute atomic E-state index is 0.0683. The van der Waals surface area contributed by atoms with Crippen molar-refractivity contribution in [3.05, 3.63) is 17.6 Å². The lowest BCUT2D eigenvalue weighted by molar-refractivity contribution is 0.595. The zero-order valence-electron chi connectivity index (χ0n) is 11.4. The molecule has 0 aliphatic rings. The second-order valence-electron chi connectivity index (χ2n) is 4.61. The molecule has 0 saturated heterocycles. The van der Waals surface area contributed by atoms with E-state index in [4.69, 9.17) is 0 Å². The smallest absolute Gasteiger partial charge is 0.147 e. The van der Waals surface area contributed by atoms with Crippen LogP contribution >= 0.6 is 0 Å². The van der Waals surface area contributed by atoms with Crippen molar-refractivity contribution in [2.45, 2.75) is 39.7 Å². The topological polar surface area (TPSA) is 72.0 Å². The molecule has 0 amide bonds. The maximum absolute atomic E-state index is 11.1. The van der Waals surface area contributed by atoms with Crippen molar-refractivity contribution in [2.75, 3.05) is 17.3 Å². The van der Waals surface area contributed by atoms with Gasteiger partial charge >= 0.3 is 0 Å². The van der Waals surface area contributed by atoms with Crippen molar-refractivity contribution >= 4 is 15.7 Å². The summed E-state index contributed by atoms with van der Waals surface area (Å²) in [6, 6.07) is 1.97. The van der Waals surface area contributed by atoms with Crippen LogP contribution in [-0.2, 0) is 16.3 Å². The van der Waals surface area contributed by atoms with E-state index >= 15 is 0 Å². The number of nitrogens with zero attached hydrogens (tertiary/aromatic N) is 2. The number of hydrogen-bond acceptors (Lipinski definition) is 5. The fourth-order valence-electron chi connectivity index (χ4n) is 1.60. The van der Waals surface area contributed by atoms with Crippen LogP contribution in [0.5, 0.6) is 0 Å². The molecule has 1 rings (SSSR count). The van der Waals surface area contributed by atoms with E-state index in [1.807, 2.05) is 26.8 Å². The Bertz CT molecular complexity index is 500. The second kappa shape index (κ2) is 6.13. The number of rotatable bonds is 6. The first-order valence-electron chi connectivity index (χ1n) is 6.09. The molecule has 6 heteroatoms.